The summed E-state index contributed by atoms with van der Waals surface area (Å²) >= 11 is 0. The molecule has 8 heteroatoms. The average Bonchev–Trinajstić information content (AvgIpc) is 2.76. The lowest BCUT2D eigenvalue weighted by Gasteiger charge is -2.32. The highest BCUT2D eigenvalue weighted by atomic mass is 32.2. The number of aryl methyl sites for hydroxylation is 1. The zero-order valence-corrected chi connectivity index (χ0v) is 20.2. The second kappa shape index (κ2) is 11.1. The molecule has 2 rings (SSSR count). The van der Waals surface area contributed by atoms with Gasteiger partial charge in [0.1, 0.15) is 12.6 Å². The van der Waals surface area contributed by atoms with Crippen LogP contribution in [0.25, 0.3) is 0 Å². The van der Waals surface area contributed by atoms with E-state index in [2.05, 4.69) is 5.32 Å². The lowest BCUT2D eigenvalue weighted by Crippen LogP contribution is -2.52. The first-order valence-corrected chi connectivity index (χ1v) is 12.6. The molecule has 0 aliphatic carbocycles. The van der Waals surface area contributed by atoms with Gasteiger partial charge < -0.3 is 10.2 Å². The zero-order chi connectivity index (χ0) is 23.9. The van der Waals surface area contributed by atoms with Gasteiger partial charge in [0.15, 0.2) is 0 Å². The van der Waals surface area contributed by atoms with Crippen LogP contribution in [0.2, 0.25) is 0 Å². The molecule has 0 aliphatic rings. The number of hydrogen-bond acceptors (Lipinski definition) is 4. The number of amides is 2. The number of nitrogens with one attached hydrogen (secondary N) is 1. The van der Waals surface area contributed by atoms with E-state index in [1.54, 1.807) is 37.3 Å². The maximum atomic E-state index is 13.4. The summed E-state index contributed by atoms with van der Waals surface area (Å²) in [6, 6.07) is 15.4. The Morgan fingerprint density at radius 3 is 2.12 bits per heavy atom. The van der Waals surface area contributed by atoms with Crippen LogP contribution in [0.3, 0.4) is 0 Å². The van der Waals surface area contributed by atoms with Crippen LogP contribution in [-0.2, 0) is 26.2 Å². The summed E-state index contributed by atoms with van der Waals surface area (Å²) < 4.78 is 26.0. The standard InChI is InChI=1S/C24H33N3O4S/c1-6-19(3)25-24(29)20(4)26(16-21-14-12-18(2)13-15-21)23(28)17-27(32(5,30)31)22-10-8-7-9-11-22/h7-15,19-20H,6,16-17H2,1-5H3,(H,25,29)/t19-,20+/m1/s1. The smallest absolute Gasteiger partial charge is 0.244 e. The molecule has 1 N–H and O–H groups in total. The molecule has 0 aliphatic heterocycles. The van der Waals surface area contributed by atoms with E-state index >= 15 is 0 Å². The number of benzene rings is 2. The Morgan fingerprint density at radius 1 is 1.00 bits per heavy atom. The second-order valence-electron chi connectivity index (χ2n) is 8.11. The Balaban J connectivity index is 2.34. The maximum Gasteiger partial charge on any atom is 0.244 e. The van der Waals surface area contributed by atoms with Gasteiger partial charge in [-0.3, -0.25) is 13.9 Å². The normalized spacial score (nSPS) is 13.2. The van der Waals surface area contributed by atoms with E-state index in [1.165, 1.54) is 4.90 Å². The Labute approximate surface area is 191 Å². The zero-order valence-electron chi connectivity index (χ0n) is 19.4. The quantitative estimate of drug-likeness (QED) is 0.592. The van der Waals surface area contributed by atoms with Crippen molar-refractivity contribution in [1.82, 2.24) is 10.2 Å². The topological polar surface area (TPSA) is 86.8 Å². The van der Waals surface area contributed by atoms with Gasteiger partial charge in [-0.1, -0.05) is 55.0 Å². The first-order valence-electron chi connectivity index (χ1n) is 10.7. The minimum Gasteiger partial charge on any atom is -0.352 e. The lowest BCUT2D eigenvalue weighted by molar-refractivity contribution is -0.139. The number of anilines is 1. The molecule has 174 valence electrons. The highest BCUT2D eigenvalue weighted by Crippen LogP contribution is 2.18. The van der Waals surface area contributed by atoms with Crippen LogP contribution in [0.15, 0.2) is 54.6 Å². The predicted molar refractivity (Wildman–Crippen MR) is 128 cm³/mol. The Hall–Kier alpha value is -2.87. The minimum absolute atomic E-state index is 0.0295. The summed E-state index contributed by atoms with van der Waals surface area (Å²) in [5.41, 5.74) is 2.34. The van der Waals surface area contributed by atoms with Gasteiger partial charge in [0.25, 0.3) is 0 Å². The van der Waals surface area contributed by atoms with Gasteiger partial charge in [-0.25, -0.2) is 8.42 Å². The fraction of sp³-hybridized carbons (Fsp3) is 0.417. The molecule has 0 fully saturated rings. The van der Waals surface area contributed by atoms with Crippen molar-refractivity contribution < 1.29 is 18.0 Å². The molecule has 0 saturated carbocycles. The summed E-state index contributed by atoms with van der Waals surface area (Å²) in [5, 5.41) is 2.91. The average molecular weight is 460 g/mol. The highest BCUT2D eigenvalue weighted by molar-refractivity contribution is 7.92. The van der Waals surface area contributed by atoms with Crippen LogP contribution >= 0.6 is 0 Å². The van der Waals surface area contributed by atoms with E-state index < -0.39 is 28.5 Å². The molecular weight excluding hydrogens is 426 g/mol. The van der Waals surface area contributed by atoms with Crippen molar-refractivity contribution in [2.75, 3.05) is 17.1 Å². The van der Waals surface area contributed by atoms with Crippen LogP contribution in [0, 0.1) is 6.92 Å². The number of nitrogens with zero attached hydrogens (tertiary/aromatic N) is 2. The SMILES string of the molecule is CC[C@@H](C)NC(=O)[C@H](C)N(Cc1ccc(C)cc1)C(=O)CN(c1ccccc1)S(C)(=O)=O. The Morgan fingerprint density at radius 2 is 1.59 bits per heavy atom. The van der Waals surface area contributed by atoms with Crippen molar-refractivity contribution in [3.8, 4) is 0 Å². The van der Waals surface area contributed by atoms with E-state index in [-0.39, 0.29) is 18.5 Å². The molecule has 2 amide bonds. The molecule has 0 saturated heterocycles. The molecular formula is C24H33N3O4S. The molecule has 0 bridgehead atoms. The van der Waals surface area contributed by atoms with Gasteiger partial charge in [-0.05, 0) is 44.9 Å². The molecule has 0 aromatic heterocycles. The summed E-state index contributed by atoms with van der Waals surface area (Å²) in [7, 11) is -3.71. The highest BCUT2D eigenvalue weighted by Gasteiger charge is 2.30. The van der Waals surface area contributed by atoms with Gasteiger partial charge in [0, 0.05) is 12.6 Å². The molecule has 0 unspecified atom stereocenters. The van der Waals surface area contributed by atoms with E-state index in [9.17, 15) is 18.0 Å². The molecule has 0 radical (unpaired) electrons. The lowest BCUT2D eigenvalue weighted by atomic mass is 10.1. The van der Waals surface area contributed by atoms with Crippen LogP contribution in [-0.4, -0.2) is 50.0 Å². The van der Waals surface area contributed by atoms with E-state index in [1.807, 2.05) is 45.0 Å². The van der Waals surface area contributed by atoms with E-state index in [0.717, 1.165) is 28.1 Å². The first kappa shape index (κ1) is 25.4. The fourth-order valence-electron chi connectivity index (χ4n) is 3.15. The fourth-order valence-corrected chi connectivity index (χ4v) is 4.00. The number of carbonyl (C=O) groups is 2. The molecule has 7 nitrogen and oxygen atoms in total. The molecule has 2 aromatic rings. The first-order chi connectivity index (χ1) is 15.0. The third kappa shape index (κ3) is 7.09. The van der Waals surface area contributed by atoms with Gasteiger partial charge in [0.2, 0.25) is 21.8 Å². The minimum atomic E-state index is -3.71. The molecule has 2 aromatic carbocycles. The van der Waals surface area contributed by atoms with Crippen molar-refractivity contribution in [3.05, 3.63) is 65.7 Å². The Bertz CT molecular complexity index is 1010. The number of hydrogen-bond donors (Lipinski definition) is 1. The maximum absolute atomic E-state index is 13.4. The van der Waals surface area contributed by atoms with Crippen LogP contribution in [0.1, 0.15) is 38.3 Å². The molecule has 2 atom stereocenters. The van der Waals surface area contributed by atoms with Crippen molar-refractivity contribution in [2.45, 2.75) is 52.7 Å². The summed E-state index contributed by atoms with van der Waals surface area (Å²) in [5.74, 6) is -0.725. The monoisotopic (exact) mass is 459 g/mol. The van der Waals surface area contributed by atoms with Crippen molar-refractivity contribution in [2.24, 2.45) is 0 Å². The number of rotatable bonds is 10. The summed E-state index contributed by atoms with van der Waals surface area (Å²) in [4.78, 5) is 27.6. The van der Waals surface area contributed by atoms with E-state index in [4.69, 9.17) is 0 Å². The van der Waals surface area contributed by atoms with Crippen molar-refractivity contribution >= 4 is 27.5 Å². The number of sulfonamides is 1. The van der Waals surface area contributed by atoms with Crippen LogP contribution in [0.4, 0.5) is 5.69 Å². The third-order valence-corrected chi connectivity index (χ3v) is 6.51. The van der Waals surface area contributed by atoms with Gasteiger partial charge in [-0.15, -0.1) is 0 Å². The van der Waals surface area contributed by atoms with E-state index in [0.29, 0.717) is 5.69 Å². The molecule has 0 spiro atoms. The Kier molecular flexibility index (Phi) is 8.83. The van der Waals surface area contributed by atoms with Crippen molar-refractivity contribution in [3.63, 3.8) is 0 Å². The third-order valence-electron chi connectivity index (χ3n) is 5.37. The van der Waals surface area contributed by atoms with Crippen molar-refractivity contribution in [1.29, 1.82) is 0 Å². The van der Waals surface area contributed by atoms with Crippen LogP contribution < -0.4 is 9.62 Å². The predicted octanol–water partition coefficient (Wildman–Crippen LogP) is 3.09. The number of para-hydroxylation sites is 1. The molecule has 32 heavy (non-hydrogen) atoms. The molecule has 0 heterocycles. The summed E-state index contributed by atoms with van der Waals surface area (Å²) in [6.07, 6.45) is 1.83. The summed E-state index contributed by atoms with van der Waals surface area (Å²) in [6.45, 7) is 7.30. The second-order valence-corrected chi connectivity index (χ2v) is 10.0. The van der Waals surface area contributed by atoms with Gasteiger partial charge >= 0.3 is 0 Å². The largest absolute Gasteiger partial charge is 0.352 e. The number of carbonyl (C=O) groups excluding carboxylic acids is 2. The van der Waals surface area contributed by atoms with Gasteiger partial charge in [-0.2, -0.15) is 0 Å². The van der Waals surface area contributed by atoms with Crippen LogP contribution in [0.5, 0.6) is 0 Å². The van der Waals surface area contributed by atoms with Gasteiger partial charge in [0.05, 0.1) is 11.9 Å².